The average Bonchev–Trinajstić information content (AvgIpc) is 2.36. The van der Waals surface area contributed by atoms with Gasteiger partial charge >= 0.3 is 5.97 Å². The van der Waals surface area contributed by atoms with Crippen LogP contribution in [0.25, 0.3) is 0 Å². The Morgan fingerprint density at radius 1 is 1.77 bits per heavy atom. The minimum Gasteiger partial charge on any atom is -0.480 e. The molecule has 0 unspecified atom stereocenters. The molecule has 0 amide bonds. The second kappa shape index (κ2) is 3.63. The third-order valence-corrected chi connectivity index (χ3v) is 1.82. The van der Waals surface area contributed by atoms with E-state index >= 15 is 0 Å². The lowest BCUT2D eigenvalue weighted by molar-refractivity contribution is -0.138. The van der Waals surface area contributed by atoms with Crippen LogP contribution in [0, 0.1) is 0 Å². The number of halogens is 1. The maximum atomic E-state index is 10.7. The van der Waals surface area contributed by atoms with Gasteiger partial charge in [0.25, 0.3) is 5.56 Å². The predicted octanol–water partition coefficient (Wildman–Crippen LogP) is -0.424. The largest absolute Gasteiger partial charge is 0.480 e. The van der Waals surface area contributed by atoms with Gasteiger partial charge in [0.15, 0.2) is 5.76 Å². The number of carbonyl (C=O) groups is 1. The molecule has 4 N–H and O–H groups in total. The Morgan fingerprint density at radius 2 is 2.38 bits per heavy atom. The maximum Gasteiger partial charge on any atom is 0.320 e. The summed E-state index contributed by atoms with van der Waals surface area (Å²) in [5.41, 5.74) is 4.60. The first-order valence-electron chi connectivity index (χ1n) is 3.36. The third kappa shape index (κ3) is 2.10. The standard InChI is InChI=1S/C6H7ClN2O4/c7-4-3(13-9-5(4)10)1-2(8)6(11)12/h2H,1,8H2,(H,9,10)(H,11,12)/t2-/m1/s1. The lowest BCUT2D eigenvalue weighted by atomic mass is 10.2. The third-order valence-electron chi connectivity index (χ3n) is 1.43. The number of rotatable bonds is 3. The fourth-order valence-corrected chi connectivity index (χ4v) is 0.897. The highest BCUT2D eigenvalue weighted by atomic mass is 35.5. The number of aliphatic carboxylic acids is 1. The summed E-state index contributed by atoms with van der Waals surface area (Å²) in [6.45, 7) is 0. The van der Waals surface area contributed by atoms with Crippen LogP contribution in [0.3, 0.4) is 0 Å². The Bertz CT molecular complexity index is 369. The zero-order chi connectivity index (χ0) is 10.0. The molecule has 0 saturated carbocycles. The Morgan fingerprint density at radius 3 is 2.77 bits per heavy atom. The summed E-state index contributed by atoms with van der Waals surface area (Å²) in [6, 6.07) is -1.13. The summed E-state index contributed by atoms with van der Waals surface area (Å²) in [5, 5.41) is 10.3. The number of carboxylic acid groups (broad SMARTS) is 1. The monoisotopic (exact) mass is 206 g/mol. The molecule has 7 heteroatoms. The number of nitrogens with two attached hydrogens (primary N) is 1. The molecule has 72 valence electrons. The number of carboxylic acids is 1. The molecule has 0 bridgehead atoms. The van der Waals surface area contributed by atoms with Gasteiger partial charge in [-0.25, -0.2) is 0 Å². The van der Waals surface area contributed by atoms with E-state index in [0.29, 0.717) is 0 Å². The van der Waals surface area contributed by atoms with E-state index in [9.17, 15) is 9.59 Å². The highest BCUT2D eigenvalue weighted by molar-refractivity contribution is 6.30. The summed E-state index contributed by atoms with van der Waals surface area (Å²) >= 11 is 5.47. The van der Waals surface area contributed by atoms with Crippen LogP contribution in [0.1, 0.15) is 5.76 Å². The Kier molecular flexibility index (Phi) is 2.74. The van der Waals surface area contributed by atoms with Crippen molar-refractivity contribution in [3.05, 3.63) is 21.1 Å². The fourth-order valence-electron chi connectivity index (χ4n) is 0.743. The molecule has 13 heavy (non-hydrogen) atoms. The van der Waals surface area contributed by atoms with Gasteiger partial charge in [0.1, 0.15) is 11.1 Å². The molecule has 6 nitrogen and oxygen atoms in total. The van der Waals surface area contributed by atoms with Crippen LogP contribution in [0.2, 0.25) is 5.02 Å². The van der Waals surface area contributed by atoms with Crippen molar-refractivity contribution in [1.82, 2.24) is 5.16 Å². The molecule has 0 radical (unpaired) electrons. The van der Waals surface area contributed by atoms with Crippen LogP contribution in [-0.4, -0.2) is 22.3 Å². The Hall–Kier alpha value is -1.27. The molecule has 0 spiro atoms. The van der Waals surface area contributed by atoms with E-state index in [-0.39, 0.29) is 17.2 Å². The molecule has 1 heterocycles. The normalized spacial score (nSPS) is 12.8. The Labute approximate surface area is 77.3 Å². The summed E-state index contributed by atoms with van der Waals surface area (Å²) < 4.78 is 4.60. The lowest BCUT2D eigenvalue weighted by Gasteiger charge is -2.01. The molecule has 0 fully saturated rings. The van der Waals surface area contributed by atoms with Crippen molar-refractivity contribution in [2.75, 3.05) is 0 Å². The van der Waals surface area contributed by atoms with Crippen LogP contribution in [0.15, 0.2) is 9.32 Å². The first-order chi connectivity index (χ1) is 6.02. The zero-order valence-electron chi connectivity index (χ0n) is 6.41. The molecule has 0 aliphatic carbocycles. The van der Waals surface area contributed by atoms with Crippen molar-refractivity contribution >= 4 is 17.6 Å². The van der Waals surface area contributed by atoms with Gasteiger partial charge in [-0.3, -0.25) is 9.59 Å². The number of aromatic nitrogens is 1. The van der Waals surface area contributed by atoms with Gasteiger partial charge in [0.2, 0.25) is 0 Å². The first kappa shape index (κ1) is 9.82. The van der Waals surface area contributed by atoms with Gasteiger partial charge < -0.3 is 15.4 Å². The van der Waals surface area contributed by atoms with E-state index in [2.05, 4.69) is 4.52 Å². The van der Waals surface area contributed by atoms with Gasteiger partial charge in [-0.2, -0.15) is 5.16 Å². The van der Waals surface area contributed by atoms with E-state index < -0.39 is 17.6 Å². The molecule has 0 aromatic carbocycles. The molecule has 1 atom stereocenters. The summed E-state index contributed by atoms with van der Waals surface area (Å²) in [6.07, 6.45) is -0.118. The van der Waals surface area contributed by atoms with Gasteiger partial charge in [0.05, 0.1) is 0 Å². The smallest absolute Gasteiger partial charge is 0.320 e. The van der Waals surface area contributed by atoms with Crippen LogP contribution < -0.4 is 11.3 Å². The number of nitrogens with one attached hydrogen (secondary N) is 1. The molecule has 1 rings (SSSR count). The number of aromatic amines is 1. The van der Waals surface area contributed by atoms with Gasteiger partial charge in [0, 0.05) is 6.42 Å². The first-order valence-corrected chi connectivity index (χ1v) is 3.74. The molecule has 0 aliphatic heterocycles. The van der Waals surface area contributed by atoms with E-state index in [1.807, 2.05) is 5.16 Å². The SMILES string of the molecule is N[C@H](Cc1o[nH]c(=O)c1Cl)C(=O)O. The molecule has 1 aromatic heterocycles. The Balaban J connectivity index is 2.80. The van der Waals surface area contributed by atoms with Crippen molar-refractivity contribution in [3.8, 4) is 0 Å². The van der Waals surface area contributed by atoms with E-state index in [1.54, 1.807) is 0 Å². The number of H-pyrrole nitrogens is 1. The molecule has 0 saturated heterocycles. The van der Waals surface area contributed by atoms with Gasteiger partial charge in [-0.1, -0.05) is 11.6 Å². The maximum absolute atomic E-state index is 10.7. The van der Waals surface area contributed by atoms with Crippen molar-refractivity contribution in [2.45, 2.75) is 12.5 Å². The fraction of sp³-hybridized carbons (Fsp3) is 0.333. The minimum absolute atomic E-state index is 0.0570. The summed E-state index contributed by atoms with van der Waals surface area (Å²) in [4.78, 5) is 21.0. The van der Waals surface area contributed by atoms with Crippen LogP contribution in [-0.2, 0) is 11.2 Å². The van der Waals surface area contributed by atoms with Crippen molar-refractivity contribution in [2.24, 2.45) is 5.73 Å². The van der Waals surface area contributed by atoms with Crippen LogP contribution >= 0.6 is 11.6 Å². The summed E-state index contributed by atoms with van der Waals surface area (Å²) in [7, 11) is 0. The zero-order valence-corrected chi connectivity index (χ0v) is 7.17. The molecular weight excluding hydrogens is 200 g/mol. The molecule has 0 aliphatic rings. The molecular formula is C6H7ClN2O4. The second-order valence-electron chi connectivity index (χ2n) is 2.42. The van der Waals surface area contributed by atoms with Crippen molar-refractivity contribution in [3.63, 3.8) is 0 Å². The minimum atomic E-state index is -1.18. The molecule has 1 aromatic rings. The average molecular weight is 207 g/mol. The van der Waals surface area contributed by atoms with E-state index in [1.165, 1.54) is 0 Å². The number of hydrogen-bond donors (Lipinski definition) is 3. The summed E-state index contributed by atoms with van der Waals surface area (Å²) in [5.74, 6) is -1.12. The highest BCUT2D eigenvalue weighted by Crippen LogP contribution is 2.11. The van der Waals surface area contributed by atoms with Gasteiger partial charge in [-0.15, -0.1) is 0 Å². The number of hydrogen-bond acceptors (Lipinski definition) is 4. The quantitative estimate of drug-likeness (QED) is 0.622. The lowest BCUT2D eigenvalue weighted by Crippen LogP contribution is -2.32. The van der Waals surface area contributed by atoms with E-state index in [0.717, 1.165) is 0 Å². The van der Waals surface area contributed by atoms with Crippen LogP contribution in [0.4, 0.5) is 0 Å². The van der Waals surface area contributed by atoms with Gasteiger partial charge in [-0.05, 0) is 0 Å². The predicted molar refractivity (Wildman–Crippen MR) is 43.7 cm³/mol. The van der Waals surface area contributed by atoms with Crippen LogP contribution in [0.5, 0.6) is 0 Å². The topological polar surface area (TPSA) is 109 Å². The highest BCUT2D eigenvalue weighted by Gasteiger charge is 2.18. The van der Waals surface area contributed by atoms with E-state index in [4.69, 9.17) is 22.4 Å². The second-order valence-corrected chi connectivity index (χ2v) is 2.80. The van der Waals surface area contributed by atoms with Crippen molar-refractivity contribution in [1.29, 1.82) is 0 Å². The van der Waals surface area contributed by atoms with Crippen molar-refractivity contribution < 1.29 is 14.4 Å².